The molecule has 0 heterocycles. The molecular formula is C8H12ClF3. The summed E-state index contributed by atoms with van der Waals surface area (Å²) in [6.07, 6.45) is -4.32. The van der Waals surface area contributed by atoms with Crippen LogP contribution < -0.4 is 0 Å². The minimum Gasteiger partial charge on any atom is -0.169 e. The zero-order valence-electron chi connectivity index (χ0n) is 7.51. The standard InChI is InChI=1S/C8H12ClF3/c1-5(2)6(3,4)7(5,9)8(10,11)12/h1-4H3. The largest absolute Gasteiger partial charge is 0.408 e. The molecule has 0 bridgehead atoms. The molecule has 1 aliphatic carbocycles. The molecule has 1 saturated carbocycles. The molecule has 0 aliphatic heterocycles. The van der Waals surface area contributed by atoms with Gasteiger partial charge in [-0.3, -0.25) is 0 Å². The van der Waals surface area contributed by atoms with E-state index in [1.165, 1.54) is 0 Å². The van der Waals surface area contributed by atoms with Crippen molar-refractivity contribution in [1.29, 1.82) is 0 Å². The van der Waals surface area contributed by atoms with Crippen LogP contribution in [0.5, 0.6) is 0 Å². The summed E-state index contributed by atoms with van der Waals surface area (Å²) in [5, 5.41) is 0. The topological polar surface area (TPSA) is 0 Å². The Morgan fingerprint density at radius 2 is 1.17 bits per heavy atom. The third kappa shape index (κ3) is 0.716. The quantitative estimate of drug-likeness (QED) is 0.525. The lowest BCUT2D eigenvalue weighted by Crippen LogP contribution is -2.32. The molecule has 0 atom stereocenters. The Balaban J connectivity index is 3.09. The van der Waals surface area contributed by atoms with Crippen molar-refractivity contribution in [3.05, 3.63) is 0 Å². The summed E-state index contributed by atoms with van der Waals surface area (Å²) in [6, 6.07) is 0. The molecule has 0 saturated heterocycles. The third-order valence-corrected chi connectivity index (χ3v) is 4.77. The van der Waals surface area contributed by atoms with Gasteiger partial charge < -0.3 is 0 Å². The molecule has 0 spiro atoms. The van der Waals surface area contributed by atoms with E-state index in [0.717, 1.165) is 0 Å². The van der Waals surface area contributed by atoms with E-state index >= 15 is 0 Å². The lowest BCUT2D eigenvalue weighted by atomic mass is 10.0. The van der Waals surface area contributed by atoms with Crippen LogP contribution in [0.3, 0.4) is 0 Å². The normalized spacial score (nSPS) is 30.0. The smallest absolute Gasteiger partial charge is 0.169 e. The van der Waals surface area contributed by atoms with Gasteiger partial charge in [0.15, 0.2) is 4.87 Å². The Morgan fingerprint density at radius 1 is 0.917 bits per heavy atom. The first-order chi connectivity index (χ1) is 5.00. The minimum atomic E-state index is -4.32. The second kappa shape index (κ2) is 1.94. The Hall–Kier alpha value is 0.0800. The maximum absolute atomic E-state index is 12.5. The zero-order chi connectivity index (χ0) is 10.0. The summed E-state index contributed by atoms with van der Waals surface area (Å²) in [7, 11) is 0. The predicted octanol–water partition coefficient (Wildman–Crippen LogP) is 3.59. The fourth-order valence-corrected chi connectivity index (χ4v) is 2.38. The number of hydrogen-bond acceptors (Lipinski definition) is 0. The van der Waals surface area contributed by atoms with Gasteiger partial charge in [-0.15, -0.1) is 11.6 Å². The first-order valence-electron chi connectivity index (χ1n) is 3.76. The van der Waals surface area contributed by atoms with Crippen molar-refractivity contribution in [3.63, 3.8) is 0 Å². The highest BCUT2D eigenvalue weighted by Crippen LogP contribution is 2.79. The van der Waals surface area contributed by atoms with Crippen molar-refractivity contribution in [2.24, 2.45) is 10.8 Å². The van der Waals surface area contributed by atoms with Crippen molar-refractivity contribution >= 4 is 11.6 Å². The molecule has 72 valence electrons. The van der Waals surface area contributed by atoms with Crippen LogP contribution in [0.1, 0.15) is 27.7 Å². The lowest BCUT2D eigenvalue weighted by Gasteiger charge is -2.17. The highest BCUT2D eigenvalue weighted by molar-refractivity contribution is 6.28. The Kier molecular flexibility index (Phi) is 1.64. The lowest BCUT2D eigenvalue weighted by molar-refractivity contribution is -0.149. The summed E-state index contributed by atoms with van der Waals surface area (Å²) in [4.78, 5) is -2.05. The van der Waals surface area contributed by atoms with E-state index in [0.29, 0.717) is 0 Å². The summed E-state index contributed by atoms with van der Waals surface area (Å²) in [5.74, 6) is 0. The predicted molar refractivity (Wildman–Crippen MR) is 42.2 cm³/mol. The van der Waals surface area contributed by atoms with E-state index in [9.17, 15) is 13.2 Å². The van der Waals surface area contributed by atoms with Gasteiger partial charge in [0.25, 0.3) is 0 Å². The van der Waals surface area contributed by atoms with Gasteiger partial charge >= 0.3 is 6.18 Å². The van der Waals surface area contributed by atoms with E-state index in [2.05, 4.69) is 0 Å². The number of halogens is 4. The maximum Gasteiger partial charge on any atom is 0.408 e. The van der Waals surface area contributed by atoms with Gasteiger partial charge in [-0.1, -0.05) is 27.7 Å². The van der Waals surface area contributed by atoms with Crippen molar-refractivity contribution in [3.8, 4) is 0 Å². The van der Waals surface area contributed by atoms with Crippen LogP contribution in [0.4, 0.5) is 13.2 Å². The summed E-state index contributed by atoms with van der Waals surface area (Å²) in [5.41, 5.74) is -1.75. The molecule has 0 nitrogen and oxygen atoms in total. The summed E-state index contributed by atoms with van der Waals surface area (Å²) in [6.45, 7) is 6.20. The highest BCUT2D eigenvalue weighted by Gasteiger charge is 2.87. The van der Waals surface area contributed by atoms with Gasteiger partial charge in [-0.25, -0.2) is 0 Å². The van der Waals surface area contributed by atoms with Crippen LogP contribution in [-0.2, 0) is 0 Å². The van der Waals surface area contributed by atoms with Gasteiger partial charge in [0.2, 0.25) is 0 Å². The molecule has 0 N–H and O–H groups in total. The molecule has 4 heteroatoms. The molecule has 0 unspecified atom stereocenters. The SMILES string of the molecule is CC1(C)C(C)(C)C1(Cl)C(F)(F)F. The maximum atomic E-state index is 12.5. The monoisotopic (exact) mass is 200 g/mol. The van der Waals surface area contributed by atoms with Gasteiger partial charge in [0.1, 0.15) is 0 Å². The second-order valence-electron chi connectivity index (χ2n) is 4.41. The average molecular weight is 201 g/mol. The van der Waals surface area contributed by atoms with Crippen molar-refractivity contribution in [2.45, 2.75) is 38.7 Å². The molecule has 0 amide bonds. The minimum absolute atomic E-state index is 0.875. The van der Waals surface area contributed by atoms with Crippen LogP contribution in [0.2, 0.25) is 0 Å². The molecule has 0 aromatic carbocycles. The van der Waals surface area contributed by atoms with Crippen molar-refractivity contribution < 1.29 is 13.2 Å². The first kappa shape index (κ1) is 10.2. The molecule has 0 aromatic heterocycles. The van der Waals surface area contributed by atoms with Crippen molar-refractivity contribution in [1.82, 2.24) is 0 Å². The molecule has 12 heavy (non-hydrogen) atoms. The van der Waals surface area contributed by atoms with Gasteiger partial charge in [-0.2, -0.15) is 13.2 Å². The number of rotatable bonds is 0. The fourth-order valence-electron chi connectivity index (χ4n) is 1.95. The van der Waals surface area contributed by atoms with Gasteiger partial charge in [0.05, 0.1) is 0 Å². The van der Waals surface area contributed by atoms with Crippen molar-refractivity contribution in [2.75, 3.05) is 0 Å². The molecule has 1 fully saturated rings. The highest BCUT2D eigenvalue weighted by atomic mass is 35.5. The van der Waals surface area contributed by atoms with E-state index < -0.39 is 21.9 Å². The second-order valence-corrected chi connectivity index (χ2v) is 4.97. The van der Waals surface area contributed by atoms with Gasteiger partial charge in [0, 0.05) is 10.8 Å². The number of alkyl halides is 4. The van der Waals surface area contributed by atoms with E-state index in [4.69, 9.17) is 11.6 Å². The molecular weight excluding hydrogens is 189 g/mol. The first-order valence-corrected chi connectivity index (χ1v) is 4.13. The third-order valence-electron chi connectivity index (χ3n) is 3.61. The molecule has 1 rings (SSSR count). The fraction of sp³-hybridized carbons (Fsp3) is 1.00. The summed E-state index contributed by atoms with van der Waals surface area (Å²) < 4.78 is 37.5. The van der Waals surface area contributed by atoms with E-state index in [1.54, 1.807) is 27.7 Å². The van der Waals surface area contributed by atoms with Crippen LogP contribution in [0, 0.1) is 10.8 Å². The Labute approximate surface area is 75.1 Å². The van der Waals surface area contributed by atoms with E-state index in [1.807, 2.05) is 0 Å². The van der Waals surface area contributed by atoms with Crippen LogP contribution in [-0.4, -0.2) is 11.1 Å². The Bertz CT molecular complexity index is 201. The summed E-state index contributed by atoms with van der Waals surface area (Å²) >= 11 is 5.58. The number of hydrogen-bond donors (Lipinski definition) is 0. The Morgan fingerprint density at radius 3 is 1.17 bits per heavy atom. The average Bonchev–Trinajstić information content (AvgIpc) is 2.09. The molecule has 0 radical (unpaired) electrons. The molecule has 0 aromatic rings. The van der Waals surface area contributed by atoms with Crippen LogP contribution in [0.15, 0.2) is 0 Å². The van der Waals surface area contributed by atoms with Gasteiger partial charge in [-0.05, 0) is 0 Å². The van der Waals surface area contributed by atoms with Crippen LogP contribution >= 0.6 is 11.6 Å². The zero-order valence-corrected chi connectivity index (χ0v) is 8.27. The molecule has 1 aliphatic rings. The van der Waals surface area contributed by atoms with Crippen LogP contribution in [0.25, 0.3) is 0 Å². The van der Waals surface area contributed by atoms with E-state index in [-0.39, 0.29) is 0 Å².